The normalized spacial score (nSPS) is 19.9. The number of rotatable bonds is 6. The lowest BCUT2D eigenvalue weighted by Gasteiger charge is -2.38. The molecule has 0 saturated heterocycles. The average molecular weight is 371 g/mol. The highest BCUT2D eigenvalue weighted by Gasteiger charge is 2.33. The quantitative estimate of drug-likeness (QED) is 0.559. The molecule has 0 heterocycles. The van der Waals surface area contributed by atoms with Gasteiger partial charge in [0.25, 0.3) is 5.91 Å². The van der Waals surface area contributed by atoms with Crippen LogP contribution in [0.3, 0.4) is 0 Å². The molecule has 7 heteroatoms. The molecule has 4 nitrogen and oxygen atoms in total. The van der Waals surface area contributed by atoms with Crippen molar-refractivity contribution in [2.75, 3.05) is 13.2 Å². The molecule has 1 aliphatic rings. The van der Waals surface area contributed by atoms with E-state index in [0.717, 1.165) is 37.8 Å². The Morgan fingerprint density at radius 3 is 2.50 bits per heavy atom. The minimum atomic E-state index is -1.67. The summed E-state index contributed by atoms with van der Waals surface area (Å²) in [6.07, 6.45) is 3.55. The fraction of sp³-hybridized carbons (Fsp3) is 0.579. The van der Waals surface area contributed by atoms with Crippen molar-refractivity contribution in [3.8, 4) is 0 Å². The zero-order valence-corrected chi connectivity index (χ0v) is 15.1. The number of hydrogen-bond donors (Lipinski definition) is 0. The standard InChI is InChI=1S/C19H24F3NO3/c1-3-26-16(24)10-11-23(15-7-5-4-6-12(15)2)19(25)13-8-9-14(20)18(22)17(13)21/h8-9,12,15H,3-7,10-11H2,1-2H3. The molecular formula is C19H24F3NO3. The smallest absolute Gasteiger partial charge is 0.307 e. The summed E-state index contributed by atoms with van der Waals surface area (Å²) in [5.41, 5.74) is -0.523. The van der Waals surface area contributed by atoms with E-state index in [1.807, 2.05) is 6.92 Å². The second kappa shape index (κ2) is 9.05. The molecule has 1 aromatic carbocycles. The van der Waals surface area contributed by atoms with Gasteiger partial charge in [-0.3, -0.25) is 9.59 Å². The Morgan fingerprint density at radius 2 is 1.85 bits per heavy atom. The highest BCUT2D eigenvalue weighted by Crippen LogP contribution is 2.30. The van der Waals surface area contributed by atoms with Crippen molar-refractivity contribution in [3.05, 3.63) is 35.1 Å². The molecule has 0 N–H and O–H groups in total. The molecule has 1 amide bonds. The van der Waals surface area contributed by atoms with Gasteiger partial charge in [0, 0.05) is 12.6 Å². The van der Waals surface area contributed by atoms with E-state index in [1.165, 1.54) is 4.90 Å². The van der Waals surface area contributed by atoms with Crippen molar-refractivity contribution < 1.29 is 27.5 Å². The van der Waals surface area contributed by atoms with Crippen LogP contribution in [0.4, 0.5) is 13.2 Å². The van der Waals surface area contributed by atoms with Gasteiger partial charge in [-0.15, -0.1) is 0 Å². The molecule has 2 unspecified atom stereocenters. The number of esters is 1. The van der Waals surface area contributed by atoms with E-state index in [4.69, 9.17) is 4.74 Å². The first-order valence-electron chi connectivity index (χ1n) is 8.96. The fourth-order valence-corrected chi connectivity index (χ4v) is 3.47. The van der Waals surface area contributed by atoms with Gasteiger partial charge in [0.2, 0.25) is 0 Å². The third-order valence-corrected chi connectivity index (χ3v) is 4.86. The summed E-state index contributed by atoms with van der Waals surface area (Å²) in [5.74, 6) is -5.53. The molecule has 2 rings (SSSR count). The third-order valence-electron chi connectivity index (χ3n) is 4.86. The number of amides is 1. The van der Waals surface area contributed by atoms with Crippen molar-refractivity contribution in [1.29, 1.82) is 0 Å². The minimum Gasteiger partial charge on any atom is -0.466 e. The SMILES string of the molecule is CCOC(=O)CCN(C(=O)c1ccc(F)c(F)c1F)C1CCCCC1C. The molecule has 1 saturated carbocycles. The van der Waals surface area contributed by atoms with Crippen LogP contribution in [-0.2, 0) is 9.53 Å². The Kier molecular flexibility index (Phi) is 7.06. The molecule has 1 aliphatic carbocycles. The number of carbonyl (C=O) groups excluding carboxylic acids is 2. The summed E-state index contributed by atoms with van der Waals surface area (Å²) in [6, 6.07) is 1.50. The van der Waals surface area contributed by atoms with Gasteiger partial charge in [-0.1, -0.05) is 19.8 Å². The second-order valence-electron chi connectivity index (χ2n) is 6.61. The van der Waals surface area contributed by atoms with E-state index in [0.29, 0.717) is 0 Å². The molecule has 1 aromatic rings. The van der Waals surface area contributed by atoms with E-state index in [-0.39, 0.29) is 31.5 Å². The maximum Gasteiger partial charge on any atom is 0.307 e. The van der Waals surface area contributed by atoms with Crippen molar-refractivity contribution in [2.45, 2.75) is 52.0 Å². The van der Waals surface area contributed by atoms with E-state index in [1.54, 1.807) is 6.92 Å². The van der Waals surface area contributed by atoms with Gasteiger partial charge in [-0.2, -0.15) is 0 Å². The molecular weight excluding hydrogens is 347 g/mol. The first kappa shape index (κ1) is 20.3. The van der Waals surface area contributed by atoms with Crippen LogP contribution in [0.15, 0.2) is 12.1 Å². The summed E-state index contributed by atoms with van der Waals surface area (Å²) in [5, 5.41) is 0. The lowest BCUT2D eigenvalue weighted by molar-refractivity contribution is -0.143. The molecule has 26 heavy (non-hydrogen) atoms. The highest BCUT2D eigenvalue weighted by atomic mass is 19.2. The summed E-state index contributed by atoms with van der Waals surface area (Å²) in [7, 11) is 0. The van der Waals surface area contributed by atoms with Crippen molar-refractivity contribution >= 4 is 11.9 Å². The van der Waals surface area contributed by atoms with Crippen LogP contribution >= 0.6 is 0 Å². The Bertz CT molecular complexity index is 666. The van der Waals surface area contributed by atoms with Gasteiger partial charge >= 0.3 is 5.97 Å². The van der Waals surface area contributed by atoms with Gasteiger partial charge in [0.05, 0.1) is 18.6 Å². The van der Waals surface area contributed by atoms with Crippen molar-refractivity contribution in [1.82, 2.24) is 4.90 Å². The number of hydrogen-bond acceptors (Lipinski definition) is 3. The molecule has 0 bridgehead atoms. The van der Waals surface area contributed by atoms with Crippen LogP contribution in [0, 0.1) is 23.4 Å². The van der Waals surface area contributed by atoms with E-state index in [2.05, 4.69) is 0 Å². The molecule has 0 radical (unpaired) electrons. The van der Waals surface area contributed by atoms with Crippen LogP contribution in [0.2, 0.25) is 0 Å². The number of halogens is 3. The molecule has 0 aromatic heterocycles. The van der Waals surface area contributed by atoms with Gasteiger partial charge in [-0.05, 0) is 37.8 Å². The fourth-order valence-electron chi connectivity index (χ4n) is 3.47. The van der Waals surface area contributed by atoms with Gasteiger partial charge in [0.1, 0.15) is 0 Å². The lowest BCUT2D eigenvalue weighted by Crippen LogP contribution is -2.46. The van der Waals surface area contributed by atoms with E-state index in [9.17, 15) is 22.8 Å². The summed E-state index contributed by atoms with van der Waals surface area (Å²) in [6.45, 7) is 3.95. The average Bonchev–Trinajstić information content (AvgIpc) is 2.61. The molecule has 2 atom stereocenters. The molecule has 0 aliphatic heterocycles. The maximum atomic E-state index is 14.1. The molecule has 0 spiro atoms. The van der Waals surface area contributed by atoms with Gasteiger partial charge in [-0.25, -0.2) is 13.2 Å². The lowest BCUT2D eigenvalue weighted by atomic mass is 9.84. The topological polar surface area (TPSA) is 46.6 Å². The van der Waals surface area contributed by atoms with Crippen molar-refractivity contribution in [2.24, 2.45) is 5.92 Å². The van der Waals surface area contributed by atoms with Crippen LogP contribution in [0.25, 0.3) is 0 Å². The summed E-state index contributed by atoms with van der Waals surface area (Å²) in [4.78, 5) is 26.0. The predicted molar refractivity (Wildman–Crippen MR) is 90.0 cm³/mol. The summed E-state index contributed by atoms with van der Waals surface area (Å²) >= 11 is 0. The number of benzene rings is 1. The van der Waals surface area contributed by atoms with E-state index >= 15 is 0 Å². The largest absolute Gasteiger partial charge is 0.466 e. The predicted octanol–water partition coefficient (Wildman–Crippen LogP) is 4.08. The monoisotopic (exact) mass is 371 g/mol. The number of ether oxygens (including phenoxy) is 1. The third kappa shape index (κ3) is 4.56. The maximum absolute atomic E-state index is 14.1. The Labute approximate surface area is 151 Å². The minimum absolute atomic E-state index is 0.0336. The number of carbonyl (C=O) groups is 2. The van der Waals surface area contributed by atoms with Crippen molar-refractivity contribution in [3.63, 3.8) is 0 Å². The van der Waals surface area contributed by atoms with Crippen LogP contribution in [-0.4, -0.2) is 36.0 Å². The highest BCUT2D eigenvalue weighted by molar-refractivity contribution is 5.95. The Balaban J connectivity index is 2.28. The first-order valence-corrected chi connectivity index (χ1v) is 8.96. The van der Waals surface area contributed by atoms with Gasteiger partial charge in [0.15, 0.2) is 17.5 Å². The Hall–Kier alpha value is -2.05. The zero-order chi connectivity index (χ0) is 19.3. The number of nitrogens with zero attached hydrogens (tertiary/aromatic N) is 1. The zero-order valence-electron chi connectivity index (χ0n) is 15.1. The molecule has 1 fully saturated rings. The van der Waals surface area contributed by atoms with E-state index < -0.39 is 34.9 Å². The van der Waals surface area contributed by atoms with Crippen LogP contribution < -0.4 is 0 Å². The summed E-state index contributed by atoms with van der Waals surface area (Å²) < 4.78 is 45.7. The van der Waals surface area contributed by atoms with Gasteiger partial charge < -0.3 is 9.64 Å². The second-order valence-corrected chi connectivity index (χ2v) is 6.61. The first-order chi connectivity index (χ1) is 12.4. The molecule has 144 valence electrons. The Morgan fingerprint density at radius 1 is 1.15 bits per heavy atom. The van der Waals surface area contributed by atoms with Crippen LogP contribution in [0.5, 0.6) is 0 Å². The van der Waals surface area contributed by atoms with Crippen LogP contribution in [0.1, 0.15) is 56.3 Å².